The number of carbonyl (C=O) groups excluding carboxylic acids is 2. The summed E-state index contributed by atoms with van der Waals surface area (Å²) >= 11 is 0. The molecule has 0 aliphatic carbocycles. The summed E-state index contributed by atoms with van der Waals surface area (Å²) < 4.78 is 16.8. The minimum atomic E-state index is -0.559. The van der Waals surface area contributed by atoms with Crippen molar-refractivity contribution >= 4 is 23.6 Å². The molecule has 9 nitrogen and oxygen atoms in total. The van der Waals surface area contributed by atoms with Crippen LogP contribution >= 0.6 is 0 Å². The lowest BCUT2D eigenvalue weighted by molar-refractivity contribution is 0.0459. The van der Waals surface area contributed by atoms with Gasteiger partial charge in [-0.2, -0.15) is 0 Å². The van der Waals surface area contributed by atoms with Gasteiger partial charge in [-0.25, -0.2) is 19.6 Å². The Labute approximate surface area is 296 Å². The van der Waals surface area contributed by atoms with Crippen LogP contribution in [-0.4, -0.2) is 46.9 Å². The molecule has 0 bridgehead atoms. The van der Waals surface area contributed by atoms with Crippen LogP contribution in [0.2, 0.25) is 0 Å². The van der Waals surface area contributed by atoms with Gasteiger partial charge in [0, 0.05) is 35.0 Å². The maximum Gasteiger partial charge on any atom is 0.407 e. The molecule has 1 atom stereocenters. The van der Waals surface area contributed by atoms with Crippen molar-refractivity contribution in [2.75, 3.05) is 18.5 Å². The Balaban J connectivity index is 1.24. The van der Waals surface area contributed by atoms with E-state index in [4.69, 9.17) is 24.2 Å². The van der Waals surface area contributed by atoms with E-state index in [0.717, 1.165) is 33.8 Å². The van der Waals surface area contributed by atoms with Crippen LogP contribution in [0, 0.1) is 12.3 Å². The molecule has 1 heterocycles. The van der Waals surface area contributed by atoms with Crippen LogP contribution in [-0.2, 0) is 22.3 Å². The van der Waals surface area contributed by atoms with Crippen LogP contribution in [0.4, 0.5) is 16.3 Å². The van der Waals surface area contributed by atoms with Crippen LogP contribution < -0.4 is 15.4 Å². The lowest BCUT2D eigenvalue weighted by Gasteiger charge is -2.32. The Morgan fingerprint density at radius 3 is 2.18 bits per heavy atom. The number of ether oxygens (including phenoxy) is 3. The number of anilines is 2. The van der Waals surface area contributed by atoms with Crippen molar-refractivity contribution in [2.45, 2.75) is 79.4 Å². The van der Waals surface area contributed by atoms with Gasteiger partial charge in [0.15, 0.2) is 5.82 Å². The van der Waals surface area contributed by atoms with Gasteiger partial charge in [-0.15, -0.1) is 6.58 Å². The third kappa shape index (κ3) is 11.5. The Hall–Kier alpha value is -5.18. The van der Waals surface area contributed by atoms with Gasteiger partial charge in [0.05, 0.1) is 18.8 Å². The number of nitrogens with zero attached hydrogens (tertiary/aromatic N) is 2. The summed E-state index contributed by atoms with van der Waals surface area (Å²) in [6, 6.07) is 24.7. The van der Waals surface area contributed by atoms with E-state index < -0.39 is 17.7 Å². The predicted octanol–water partition coefficient (Wildman–Crippen LogP) is 9.03. The predicted molar refractivity (Wildman–Crippen MR) is 199 cm³/mol. The number of rotatable bonds is 14. The third-order valence-electron chi connectivity index (χ3n) is 7.87. The van der Waals surface area contributed by atoms with Gasteiger partial charge in [0.2, 0.25) is 0 Å². The summed E-state index contributed by atoms with van der Waals surface area (Å²) in [5.74, 6) is 1.66. The number of amides is 1. The fraction of sp³-hybridized carbons (Fsp3) is 0.366. The first-order valence-electron chi connectivity index (χ1n) is 17.0. The Bertz CT molecular complexity index is 1720. The van der Waals surface area contributed by atoms with Gasteiger partial charge >= 0.3 is 12.1 Å². The van der Waals surface area contributed by atoms with E-state index >= 15 is 0 Å². The third-order valence-corrected chi connectivity index (χ3v) is 7.87. The number of esters is 1. The highest BCUT2D eigenvalue weighted by molar-refractivity contribution is 5.90. The molecule has 0 fully saturated rings. The molecule has 0 radical (unpaired) electrons. The summed E-state index contributed by atoms with van der Waals surface area (Å²) in [6.45, 7) is 18.3. The normalized spacial score (nSPS) is 12.1. The monoisotopic (exact) mass is 678 g/mol. The number of aryl methyl sites for hydroxylation is 1. The lowest BCUT2D eigenvalue weighted by atomic mass is 9.83. The number of aromatic nitrogens is 2. The molecular formula is C41H50N4O5. The van der Waals surface area contributed by atoms with E-state index in [9.17, 15) is 9.59 Å². The van der Waals surface area contributed by atoms with Crippen molar-refractivity contribution in [1.82, 2.24) is 15.3 Å². The average Bonchev–Trinajstić information content (AvgIpc) is 3.06. The number of hydrogen-bond acceptors (Lipinski definition) is 8. The fourth-order valence-electron chi connectivity index (χ4n) is 5.11. The summed E-state index contributed by atoms with van der Waals surface area (Å²) in [7, 11) is 0. The van der Waals surface area contributed by atoms with Gasteiger partial charge < -0.3 is 24.8 Å². The first kappa shape index (κ1) is 37.6. The van der Waals surface area contributed by atoms with Crippen LogP contribution in [0.15, 0.2) is 91.5 Å². The number of allylic oxidation sites excluding steroid dienone is 1. The highest BCUT2D eigenvalue weighted by Crippen LogP contribution is 2.27. The van der Waals surface area contributed by atoms with Gasteiger partial charge in [0.25, 0.3) is 0 Å². The maximum atomic E-state index is 12.7. The molecule has 1 aromatic heterocycles. The molecule has 1 amide bonds. The second-order valence-electron chi connectivity index (χ2n) is 14.3. The van der Waals surface area contributed by atoms with E-state index in [-0.39, 0.29) is 18.1 Å². The molecule has 3 aromatic carbocycles. The topological polar surface area (TPSA) is 112 Å². The second kappa shape index (κ2) is 17.0. The van der Waals surface area contributed by atoms with Crippen molar-refractivity contribution in [3.8, 4) is 17.1 Å². The molecule has 2 N–H and O–H groups in total. The minimum absolute atomic E-state index is 0.114. The van der Waals surface area contributed by atoms with Gasteiger partial charge in [0.1, 0.15) is 17.2 Å². The van der Waals surface area contributed by atoms with Crippen molar-refractivity contribution in [2.24, 2.45) is 5.41 Å². The molecule has 4 rings (SSSR count). The summed E-state index contributed by atoms with van der Waals surface area (Å²) in [4.78, 5) is 34.7. The van der Waals surface area contributed by atoms with Crippen molar-refractivity contribution < 1.29 is 23.8 Å². The summed E-state index contributed by atoms with van der Waals surface area (Å²) in [6.07, 6.45) is 3.23. The van der Waals surface area contributed by atoms with Gasteiger partial charge in [-0.1, -0.05) is 69.3 Å². The Morgan fingerprint density at radius 2 is 1.56 bits per heavy atom. The van der Waals surface area contributed by atoms with Gasteiger partial charge in [-0.05, 0) is 87.9 Å². The molecule has 0 unspecified atom stereocenters. The first-order chi connectivity index (χ1) is 23.7. The minimum Gasteiger partial charge on any atom is -0.493 e. The molecule has 0 aliphatic heterocycles. The zero-order valence-electron chi connectivity index (χ0n) is 30.3. The molecule has 0 saturated heterocycles. The quantitative estimate of drug-likeness (QED) is 0.0772. The molecular weight excluding hydrogens is 628 g/mol. The van der Waals surface area contributed by atoms with E-state index in [1.807, 2.05) is 101 Å². The molecule has 0 aliphatic rings. The number of carbonyl (C=O) groups is 2. The number of alkyl carbamates (subject to hydrolysis) is 1. The van der Waals surface area contributed by atoms with E-state index in [1.165, 1.54) is 0 Å². The molecule has 4 aromatic rings. The summed E-state index contributed by atoms with van der Waals surface area (Å²) in [5.41, 5.74) is 4.36. The van der Waals surface area contributed by atoms with Crippen molar-refractivity contribution in [3.63, 3.8) is 0 Å². The second-order valence-corrected chi connectivity index (χ2v) is 14.3. The Morgan fingerprint density at radius 1 is 0.880 bits per heavy atom. The SMILES string of the molecule is C=CCc1c(C)nc(-c2ccccc2)nc1Nc1ccc(C(=O)OCCCOc2ccc(C[C@H](NC(=O)OC(C)(C)C)C(C)(C)C)cc2)cc1. The highest BCUT2D eigenvalue weighted by Gasteiger charge is 2.28. The molecule has 0 saturated carbocycles. The number of nitrogens with one attached hydrogen (secondary N) is 2. The van der Waals surface area contributed by atoms with E-state index in [2.05, 4.69) is 38.0 Å². The van der Waals surface area contributed by atoms with Crippen molar-refractivity contribution in [1.29, 1.82) is 0 Å². The first-order valence-corrected chi connectivity index (χ1v) is 17.0. The summed E-state index contributed by atoms with van der Waals surface area (Å²) in [5, 5.41) is 6.42. The lowest BCUT2D eigenvalue weighted by Crippen LogP contribution is -2.47. The fourth-order valence-corrected chi connectivity index (χ4v) is 5.11. The van der Waals surface area contributed by atoms with Crippen LogP contribution in [0.3, 0.4) is 0 Å². The Kier molecular flexibility index (Phi) is 12.8. The van der Waals surface area contributed by atoms with Crippen molar-refractivity contribution in [3.05, 3.63) is 114 Å². The van der Waals surface area contributed by atoms with E-state index in [0.29, 0.717) is 43.1 Å². The molecule has 0 spiro atoms. The smallest absolute Gasteiger partial charge is 0.407 e. The van der Waals surface area contributed by atoms with Crippen LogP contribution in [0.5, 0.6) is 5.75 Å². The largest absolute Gasteiger partial charge is 0.493 e. The van der Waals surface area contributed by atoms with Crippen LogP contribution in [0.25, 0.3) is 11.4 Å². The van der Waals surface area contributed by atoms with Crippen LogP contribution in [0.1, 0.15) is 75.1 Å². The molecule has 50 heavy (non-hydrogen) atoms. The van der Waals surface area contributed by atoms with E-state index in [1.54, 1.807) is 12.1 Å². The highest BCUT2D eigenvalue weighted by atomic mass is 16.6. The standard InChI is InChI=1S/C41H50N4O5/c1-9-14-34-28(2)42-36(30-15-11-10-12-16-30)45-37(34)43-32-21-19-31(20-22-32)38(46)49-26-13-25-48-33-23-17-29(18-24-33)27-35(40(3,4)5)44-39(47)50-41(6,7)8/h9-12,15-24,35H,1,13-14,25-27H2,2-8H3,(H,44,47)(H,42,43,45)/t35-/m0/s1. The molecule has 264 valence electrons. The average molecular weight is 679 g/mol. The zero-order chi connectivity index (χ0) is 36.3. The number of benzene rings is 3. The maximum absolute atomic E-state index is 12.7. The molecule has 9 heteroatoms. The number of hydrogen-bond donors (Lipinski definition) is 2. The van der Waals surface area contributed by atoms with Gasteiger partial charge in [-0.3, -0.25) is 0 Å². The zero-order valence-corrected chi connectivity index (χ0v) is 30.3.